The van der Waals surface area contributed by atoms with Gasteiger partial charge in [0.15, 0.2) is 0 Å². The molecular weight excluding hydrogens is 334 g/mol. The monoisotopic (exact) mass is 353 g/mol. The van der Waals surface area contributed by atoms with Crippen molar-refractivity contribution in [3.63, 3.8) is 0 Å². The van der Waals surface area contributed by atoms with Gasteiger partial charge in [0, 0.05) is 12.3 Å². The molecule has 0 saturated heterocycles. The molecule has 0 spiro atoms. The summed E-state index contributed by atoms with van der Waals surface area (Å²) in [6.45, 7) is 0. The first-order valence-electron chi connectivity index (χ1n) is 8.82. The standard InChI is InChI=1S/C23H19N3O/c27-22(15-14-20-17-24-21-13-7-8-16-26(20)21)25-23(18-9-3-1-4-10-18)19-11-5-2-6-12-19/h1-17,23H,(H,25,27)/b15-14+. The van der Waals surface area contributed by atoms with Crippen LogP contribution in [0.25, 0.3) is 11.7 Å². The third kappa shape index (κ3) is 3.80. The lowest BCUT2D eigenvalue weighted by Crippen LogP contribution is -2.27. The van der Waals surface area contributed by atoms with Crippen LogP contribution in [0.5, 0.6) is 0 Å². The van der Waals surface area contributed by atoms with Crippen LogP contribution in [-0.2, 0) is 4.79 Å². The number of hydrogen-bond donors (Lipinski definition) is 1. The summed E-state index contributed by atoms with van der Waals surface area (Å²) >= 11 is 0. The van der Waals surface area contributed by atoms with Crippen LogP contribution in [0.15, 0.2) is 97.3 Å². The first-order valence-corrected chi connectivity index (χ1v) is 8.82. The number of aromatic nitrogens is 2. The Morgan fingerprint density at radius 2 is 1.52 bits per heavy atom. The Morgan fingerprint density at radius 1 is 0.889 bits per heavy atom. The molecule has 0 atom stereocenters. The van der Waals surface area contributed by atoms with Gasteiger partial charge in [0.1, 0.15) is 5.65 Å². The van der Waals surface area contributed by atoms with E-state index in [9.17, 15) is 4.79 Å². The second-order valence-electron chi connectivity index (χ2n) is 6.21. The number of nitrogens with one attached hydrogen (secondary N) is 1. The molecule has 0 aliphatic heterocycles. The molecule has 132 valence electrons. The highest BCUT2D eigenvalue weighted by atomic mass is 16.1. The van der Waals surface area contributed by atoms with E-state index in [4.69, 9.17) is 0 Å². The summed E-state index contributed by atoms with van der Waals surface area (Å²) < 4.78 is 1.94. The zero-order valence-electron chi connectivity index (χ0n) is 14.7. The topological polar surface area (TPSA) is 46.4 Å². The maximum Gasteiger partial charge on any atom is 0.244 e. The van der Waals surface area contributed by atoms with Crippen molar-refractivity contribution in [2.24, 2.45) is 0 Å². The largest absolute Gasteiger partial charge is 0.342 e. The highest BCUT2D eigenvalue weighted by Crippen LogP contribution is 2.21. The fourth-order valence-electron chi connectivity index (χ4n) is 3.08. The van der Waals surface area contributed by atoms with Crippen LogP contribution in [0.4, 0.5) is 0 Å². The van der Waals surface area contributed by atoms with Crippen LogP contribution in [0, 0.1) is 0 Å². The van der Waals surface area contributed by atoms with Crippen molar-refractivity contribution in [2.75, 3.05) is 0 Å². The molecule has 2 heterocycles. The predicted octanol–water partition coefficient (Wildman–Crippen LogP) is 4.25. The normalized spacial score (nSPS) is 11.3. The summed E-state index contributed by atoms with van der Waals surface area (Å²) in [6, 6.07) is 25.5. The molecule has 4 heteroatoms. The Bertz CT molecular complexity index is 1030. The molecule has 4 nitrogen and oxygen atoms in total. The van der Waals surface area contributed by atoms with E-state index in [0.717, 1.165) is 22.5 Å². The number of rotatable bonds is 5. The number of fused-ring (bicyclic) bond motifs is 1. The van der Waals surface area contributed by atoms with Crippen LogP contribution in [0.3, 0.4) is 0 Å². The Morgan fingerprint density at radius 3 is 2.19 bits per heavy atom. The van der Waals surface area contributed by atoms with E-state index in [1.165, 1.54) is 0 Å². The minimum atomic E-state index is -0.202. The smallest absolute Gasteiger partial charge is 0.244 e. The number of pyridine rings is 1. The second kappa shape index (κ2) is 7.70. The van der Waals surface area contributed by atoms with Crippen molar-refractivity contribution in [3.8, 4) is 0 Å². The molecular formula is C23H19N3O. The van der Waals surface area contributed by atoms with Gasteiger partial charge < -0.3 is 9.72 Å². The highest BCUT2D eigenvalue weighted by Gasteiger charge is 2.15. The van der Waals surface area contributed by atoms with Gasteiger partial charge in [-0.2, -0.15) is 0 Å². The minimum Gasteiger partial charge on any atom is -0.342 e. The van der Waals surface area contributed by atoms with Crippen LogP contribution in [0.1, 0.15) is 22.9 Å². The van der Waals surface area contributed by atoms with Gasteiger partial charge in [0.25, 0.3) is 0 Å². The zero-order chi connectivity index (χ0) is 18.5. The van der Waals surface area contributed by atoms with Crippen molar-refractivity contribution in [3.05, 3.63) is 114 Å². The lowest BCUT2D eigenvalue weighted by molar-refractivity contribution is -0.116. The average molecular weight is 353 g/mol. The van der Waals surface area contributed by atoms with E-state index in [1.807, 2.05) is 89.5 Å². The molecule has 0 fully saturated rings. The van der Waals surface area contributed by atoms with E-state index < -0.39 is 0 Å². The number of amides is 1. The van der Waals surface area contributed by atoms with Crippen LogP contribution in [-0.4, -0.2) is 15.3 Å². The Labute approximate surface area is 157 Å². The molecule has 1 N–H and O–H groups in total. The molecule has 0 aliphatic rings. The number of benzene rings is 2. The molecule has 0 aliphatic carbocycles. The third-order valence-corrected chi connectivity index (χ3v) is 4.40. The fraction of sp³-hybridized carbons (Fsp3) is 0.0435. The number of hydrogen-bond acceptors (Lipinski definition) is 2. The maximum absolute atomic E-state index is 12.6. The third-order valence-electron chi connectivity index (χ3n) is 4.40. The molecule has 0 saturated carbocycles. The SMILES string of the molecule is O=C(/C=C/c1cnc2ccccn12)NC(c1ccccc1)c1ccccc1. The van der Waals surface area contributed by atoms with Crippen molar-refractivity contribution in [1.82, 2.24) is 14.7 Å². The molecule has 1 amide bonds. The van der Waals surface area contributed by atoms with Gasteiger partial charge >= 0.3 is 0 Å². The molecule has 2 aromatic heterocycles. The minimum absolute atomic E-state index is 0.154. The van der Waals surface area contributed by atoms with Crippen LogP contribution >= 0.6 is 0 Å². The molecule has 0 unspecified atom stereocenters. The summed E-state index contributed by atoms with van der Waals surface area (Å²) in [5.74, 6) is -0.154. The lowest BCUT2D eigenvalue weighted by atomic mass is 9.99. The van der Waals surface area contributed by atoms with Crippen LogP contribution in [0.2, 0.25) is 0 Å². The maximum atomic E-state index is 12.6. The van der Waals surface area contributed by atoms with Gasteiger partial charge in [0.05, 0.1) is 17.9 Å². The Balaban J connectivity index is 1.57. The Kier molecular flexibility index (Phi) is 4.79. The lowest BCUT2D eigenvalue weighted by Gasteiger charge is -2.19. The molecule has 27 heavy (non-hydrogen) atoms. The van der Waals surface area contributed by atoms with Gasteiger partial charge in [-0.15, -0.1) is 0 Å². The summed E-state index contributed by atoms with van der Waals surface area (Å²) in [5.41, 5.74) is 3.79. The van der Waals surface area contributed by atoms with Crippen molar-refractivity contribution in [1.29, 1.82) is 0 Å². The zero-order valence-corrected chi connectivity index (χ0v) is 14.7. The first kappa shape index (κ1) is 16.8. The van der Waals surface area contributed by atoms with Crippen LogP contribution < -0.4 is 5.32 Å². The Hall–Kier alpha value is -3.66. The molecule has 4 rings (SSSR count). The van der Waals surface area contributed by atoms with Gasteiger partial charge in [0.2, 0.25) is 5.91 Å². The van der Waals surface area contributed by atoms with Gasteiger partial charge in [-0.25, -0.2) is 4.98 Å². The predicted molar refractivity (Wildman–Crippen MR) is 107 cm³/mol. The molecule has 2 aromatic carbocycles. The van der Waals surface area contributed by atoms with E-state index in [0.29, 0.717) is 0 Å². The average Bonchev–Trinajstić information content (AvgIpc) is 3.15. The molecule has 0 radical (unpaired) electrons. The summed E-state index contributed by atoms with van der Waals surface area (Å²) in [4.78, 5) is 16.9. The summed E-state index contributed by atoms with van der Waals surface area (Å²) in [7, 11) is 0. The van der Waals surface area contributed by atoms with Crippen molar-refractivity contribution >= 4 is 17.6 Å². The summed E-state index contributed by atoms with van der Waals surface area (Å²) in [6.07, 6.45) is 7.01. The van der Waals surface area contributed by atoms with E-state index >= 15 is 0 Å². The number of carbonyl (C=O) groups is 1. The fourth-order valence-corrected chi connectivity index (χ4v) is 3.08. The van der Waals surface area contributed by atoms with E-state index in [2.05, 4.69) is 10.3 Å². The molecule has 0 bridgehead atoms. The first-order chi connectivity index (χ1) is 13.3. The number of imidazole rings is 1. The molecule has 4 aromatic rings. The van der Waals surface area contributed by atoms with E-state index in [-0.39, 0.29) is 11.9 Å². The number of carbonyl (C=O) groups excluding carboxylic acids is 1. The van der Waals surface area contributed by atoms with Crippen molar-refractivity contribution < 1.29 is 4.79 Å². The second-order valence-corrected chi connectivity index (χ2v) is 6.21. The van der Waals surface area contributed by atoms with Crippen molar-refractivity contribution in [2.45, 2.75) is 6.04 Å². The van der Waals surface area contributed by atoms with Gasteiger partial charge in [-0.1, -0.05) is 66.7 Å². The van der Waals surface area contributed by atoms with Gasteiger partial charge in [-0.05, 0) is 29.3 Å². The number of nitrogens with zero attached hydrogens (tertiary/aromatic N) is 2. The highest BCUT2D eigenvalue weighted by molar-refractivity contribution is 5.92. The van der Waals surface area contributed by atoms with E-state index in [1.54, 1.807) is 18.3 Å². The van der Waals surface area contributed by atoms with Gasteiger partial charge in [-0.3, -0.25) is 4.79 Å². The summed E-state index contributed by atoms with van der Waals surface area (Å²) in [5, 5.41) is 3.10. The quantitative estimate of drug-likeness (QED) is 0.545.